The van der Waals surface area contributed by atoms with Crippen LogP contribution < -0.4 is 0 Å². The molecule has 2 aliphatic heterocycles. The molecule has 1 aromatic rings. The number of nitrogens with zero attached hydrogens (tertiary/aromatic N) is 3. The number of amides is 1. The van der Waals surface area contributed by atoms with Gasteiger partial charge in [0.15, 0.2) is 0 Å². The molecule has 2 saturated heterocycles. The van der Waals surface area contributed by atoms with Gasteiger partial charge in [-0.15, -0.1) is 0 Å². The van der Waals surface area contributed by atoms with E-state index in [-0.39, 0.29) is 23.3 Å². The molecule has 9 heteroatoms. The highest BCUT2D eigenvalue weighted by Crippen LogP contribution is 2.35. The van der Waals surface area contributed by atoms with Crippen LogP contribution in [0.4, 0.5) is 0 Å². The number of hydrogen-bond donors (Lipinski definition) is 0. The smallest absolute Gasteiger partial charge is 0.338 e. The van der Waals surface area contributed by atoms with E-state index in [1.54, 1.807) is 6.92 Å². The van der Waals surface area contributed by atoms with Crippen molar-refractivity contribution in [1.82, 2.24) is 14.1 Å². The van der Waals surface area contributed by atoms with E-state index in [1.807, 2.05) is 0 Å². The van der Waals surface area contributed by atoms with Crippen molar-refractivity contribution in [1.29, 1.82) is 0 Å². The van der Waals surface area contributed by atoms with Gasteiger partial charge < -0.3 is 14.5 Å². The van der Waals surface area contributed by atoms with Gasteiger partial charge in [-0.3, -0.25) is 4.79 Å². The summed E-state index contributed by atoms with van der Waals surface area (Å²) in [5, 5.41) is 0. The first-order valence-corrected chi connectivity index (χ1v) is 14.1. The average molecular weight is 492 g/mol. The third-order valence-electron chi connectivity index (χ3n) is 7.40. The maximum atomic E-state index is 13.5. The molecule has 1 saturated carbocycles. The van der Waals surface area contributed by atoms with Crippen molar-refractivity contribution in [3.05, 3.63) is 29.8 Å². The fourth-order valence-corrected chi connectivity index (χ4v) is 6.67. The lowest BCUT2D eigenvalue weighted by Gasteiger charge is -2.41. The quantitative estimate of drug-likeness (QED) is 0.520. The zero-order valence-electron chi connectivity index (χ0n) is 20.3. The fraction of sp³-hybridized carbons (Fsp3) is 0.680. The second-order valence-electron chi connectivity index (χ2n) is 9.57. The van der Waals surface area contributed by atoms with Crippen LogP contribution in [-0.4, -0.2) is 85.8 Å². The van der Waals surface area contributed by atoms with Crippen molar-refractivity contribution in [3.63, 3.8) is 0 Å². The Morgan fingerprint density at radius 3 is 2.03 bits per heavy atom. The number of carbonyl (C=O) groups is 2. The van der Waals surface area contributed by atoms with E-state index in [0.29, 0.717) is 43.6 Å². The lowest BCUT2D eigenvalue weighted by atomic mass is 9.94. The molecule has 3 fully saturated rings. The third kappa shape index (κ3) is 5.47. The maximum absolute atomic E-state index is 13.5. The van der Waals surface area contributed by atoms with Crippen molar-refractivity contribution < 1.29 is 22.7 Å². The third-order valence-corrected chi connectivity index (χ3v) is 9.31. The van der Waals surface area contributed by atoms with Crippen molar-refractivity contribution in [2.75, 3.05) is 39.3 Å². The van der Waals surface area contributed by atoms with E-state index in [1.165, 1.54) is 28.6 Å². The van der Waals surface area contributed by atoms with Crippen molar-refractivity contribution in [3.8, 4) is 0 Å². The highest BCUT2D eigenvalue weighted by atomic mass is 32.2. The van der Waals surface area contributed by atoms with Crippen molar-refractivity contribution >= 4 is 21.9 Å². The number of esters is 1. The molecule has 1 amide bonds. The molecule has 1 aromatic carbocycles. The summed E-state index contributed by atoms with van der Waals surface area (Å²) in [5.74, 6) is -0.345. The lowest BCUT2D eigenvalue weighted by molar-refractivity contribution is -0.141. The molecule has 3 aliphatic rings. The minimum atomic E-state index is -3.67. The number of benzene rings is 1. The number of piperidine rings is 2. The van der Waals surface area contributed by atoms with Crippen LogP contribution in [0.25, 0.3) is 0 Å². The molecule has 0 radical (unpaired) electrons. The van der Waals surface area contributed by atoms with Crippen LogP contribution in [0.5, 0.6) is 0 Å². The first-order chi connectivity index (χ1) is 16.3. The summed E-state index contributed by atoms with van der Waals surface area (Å²) in [6, 6.07) is 6.58. The van der Waals surface area contributed by atoms with Crippen molar-refractivity contribution in [2.45, 2.75) is 69.4 Å². The number of likely N-dealkylation sites (tertiary alicyclic amines) is 1. The molecule has 0 unspecified atom stereocenters. The molecule has 188 valence electrons. The van der Waals surface area contributed by atoms with Gasteiger partial charge in [-0.1, -0.05) is 6.92 Å². The Morgan fingerprint density at radius 2 is 1.50 bits per heavy atom. The van der Waals surface area contributed by atoms with Gasteiger partial charge in [0.25, 0.3) is 0 Å². The van der Waals surface area contributed by atoms with E-state index < -0.39 is 16.0 Å². The largest absolute Gasteiger partial charge is 0.462 e. The molecule has 0 aromatic heterocycles. The zero-order valence-corrected chi connectivity index (χ0v) is 21.1. The van der Waals surface area contributed by atoms with Gasteiger partial charge in [0, 0.05) is 44.2 Å². The number of rotatable bonds is 8. The van der Waals surface area contributed by atoms with Crippen LogP contribution in [0.2, 0.25) is 0 Å². The molecule has 4 rings (SSSR count). The number of carbonyl (C=O) groups excluding carboxylic acids is 2. The van der Waals surface area contributed by atoms with Gasteiger partial charge >= 0.3 is 5.97 Å². The molecule has 0 bridgehead atoms. The summed E-state index contributed by atoms with van der Waals surface area (Å²) in [4.78, 5) is 30.1. The topological polar surface area (TPSA) is 87.2 Å². The molecule has 1 aliphatic carbocycles. The van der Waals surface area contributed by atoms with Gasteiger partial charge in [-0.25, -0.2) is 13.2 Å². The Balaban J connectivity index is 1.36. The van der Waals surface area contributed by atoms with Crippen molar-refractivity contribution in [2.24, 2.45) is 5.92 Å². The number of sulfonamides is 1. The molecular weight excluding hydrogens is 454 g/mol. The second kappa shape index (κ2) is 10.7. The highest BCUT2D eigenvalue weighted by molar-refractivity contribution is 7.89. The lowest BCUT2D eigenvalue weighted by Crippen LogP contribution is -2.51. The van der Waals surface area contributed by atoms with Gasteiger partial charge in [-0.05, 0) is 76.3 Å². The normalized spacial score (nSPS) is 21.4. The second-order valence-corrected chi connectivity index (χ2v) is 11.5. The average Bonchev–Trinajstić information content (AvgIpc) is 3.70. The molecule has 2 heterocycles. The van der Waals surface area contributed by atoms with Gasteiger partial charge in [-0.2, -0.15) is 4.31 Å². The van der Waals surface area contributed by atoms with E-state index in [4.69, 9.17) is 4.74 Å². The first-order valence-electron chi connectivity index (χ1n) is 12.7. The van der Waals surface area contributed by atoms with Gasteiger partial charge in [0.1, 0.15) is 0 Å². The summed E-state index contributed by atoms with van der Waals surface area (Å²) in [7, 11) is -3.67. The Labute approximate surface area is 203 Å². The van der Waals surface area contributed by atoms with Gasteiger partial charge in [0.05, 0.1) is 17.1 Å². The standard InChI is InChI=1S/C25H37N3O5S/c1-3-26-15-13-22(14-16-26)28(21-7-8-21)24(29)19-11-17-27(18-12-19)34(31,32)23-9-5-20(6-10-23)25(30)33-4-2/h5-6,9-10,19,21-22H,3-4,7-8,11-18H2,1-2H3. The maximum Gasteiger partial charge on any atom is 0.338 e. The molecule has 34 heavy (non-hydrogen) atoms. The molecule has 0 spiro atoms. The molecular formula is C25H37N3O5S. The molecule has 0 atom stereocenters. The summed E-state index contributed by atoms with van der Waals surface area (Å²) in [6.45, 7) is 8.00. The van der Waals surface area contributed by atoms with E-state index >= 15 is 0 Å². The Hall–Kier alpha value is -1.97. The SMILES string of the molecule is CCOC(=O)c1ccc(S(=O)(=O)N2CCC(C(=O)N(C3CC3)C3CCN(CC)CC3)CC2)cc1. The van der Waals surface area contributed by atoms with Crippen LogP contribution >= 0.6 is 0 Å². The summed E-state index contributed by atoms with van der Waals surface area (Å²) in [6.07, 6.45) is 5.35. The Kier molecular flexibility index (Phi) is 7.94. The number of ether oxygens (including phenoxy) is 1. The monoisotopic (exact) mass is 491 g/mol. The summed E-state index contributed by atoms with van der Waals surface area (Å²) in [5.41, 5.74) is 0.329. The predicted molar refractivity (Wildman–Crippen MR) is 129 cm³/mol. The molecule has 8 nitrogen and oxygen atoms in total. The van der Waals surface area contributed by atoms with Crippen LogP contribution in [-0.2, 0) is 19.6 Å². The van der Waals surface area contributed by atoms with E-state index in [2.05, 4.69) is 16.7 Å². The van der Waals surface area contributed by atoms with Gasteiger partial charge in [0.2, 0.25) is 15.9 Å². The fourth-order valence-electron chi connectivity index (χ4n) is 5.20. The van der Waals surface area contributed by atoms with Crippen LogP contribution in [0.3, 0.4) is 0 Å². The zero-order chi connectivity index (χ0) is 24.3. The summed E-state index contributed by atoms with van der Waals surface area (Å²) >= 11 is 0. The van der Waals surface area contributed by atoms with E-state index in [0.717, 1.165) is 45.3 Å². The van der Waals surface area contributed by atoms with E-state index in [9.17, 15) is 18.0 Å². The first kappa shape index (κ1) is 25.1. The Bertz CT molecular complexity index is 961. The highest BCUT2D eigenvalue weighted by Gasteiger charge is 2.42. The predicted octanol–water partition coefficient (Wildman–Crippen LogP) is 2.74. The summed E-state index contributed by atoms with van der Waals surface area (Å²) < 4.78 is 32.7. The van der Waals surface area contributed by atoms with Crippen LogP contribution in [0.15, 0.2) is 29.2 Å². The number of hydrogen-bond acceptors (Lipinski definition) is 6. The minimum Gasteiger partial charge on any atom is -0.462 e. The van der Waals surface area contributed by atoms with Crippen LogP contribution in [0.1, 0.15) is 62.7 Å². The molecule has 0 N–H and O–H groups in total. The van der Waals surface area contributed by atoms with Crippen LogP contribution in [0, 0.1) is 5.92 Å². The minimum absolute atomic E-state index is 0.109. The Morgan fingerprint density at radius 1 is 0.912 bits per heavy atom.